The summed E-state index contributed by atoms with van der Waals surface area (Å²) in [5.74, 6) is -0.110. The van der Waals surface area contributed by atoms with Crippen LogP contribution in [-0.2, 0) is 14.3 Å². The van der Waals surface area contributed by atoms with E-state index in [1.54, 1.807) is 25.3 Å². The zero-order valence-electron chi connectivity index (χ0n) is 16.2. The second-order valence-corrected chi connectivity index (χ2v) is 7.98. The van der Waals surface area contributed by atoms with Gasteiger partial charge in [-0.05, 0) is 35.8 Å². The summed E-state index contributed by atoms with van der Waals surface area (Å²) in [6.07, 6.45) is 2.45. The van der Waals surface area contributed by atoms with Gasteiger partial charge < -0.3 is 9.47 Å². The van der Waals surface area contributed by atoms with Crippen molar-refractivity contribution >= 4 is 46.3 Å². The van der Waals surface area contributed by atoms with E-state index in [4.69, 9.17) is 21.7 Å². The first kappa shape index (κ1) is 21.1. The highest BCUT2D eigenvalue weighted by atomic mass is 32.2. The number of carbonyl (C=O) groups excluding carboxylic acids is 2. The van der Waals surface area contributed by atoms with Crippen LogP contribution < -0.4 is 4.74 Å². The van der Waals surface area contributed by atoms with Gasteiger partial charge in [0.05, 0.1) is 18.6 Å². The standard InChI is InChI=1S/C22H21NO4S2/c1-3-12-27-21(25)19(16-9-5-4-6-10-16)23-20(24)18(29-22(23)28)14-15-8-7-11-17(13-15)26-2/h4-11,13-14,19H,3,12H2,1-2H3/b18-14+. The van der Waals surface area contributed by atoms with Crippen molar-refractivity contribution in [2.75, 3.05) is 13.7 Å². The third-order valence-electron chi connectivity index (χ3n) is 4.26. The molecule has 7 heteroatoms. The predicted octanol–water partition coefficient (Wildman–Crippen LogP) is 4.59. The number of nitrogens with zero attached hydrogens (tertiary/aromatic N) is 1. The first-order chi connectivity index (χ1) is 14.0. The molecule has 0 aromatic heterocycles. The summed E-state index contributed by atoms with van der Waals surface area (Å²) in [7, 11) is 1.59. The number of esters is 1. The van der Waals surface area contributed by atoms with Crippen LogP contribution in [0.15, 0.2) is 59.5 Å². The average Bonchev–Trinajstić information content (AvgIpc) is 3.01. The third kappa shape index (κ3) is 4.86. The minimum Gasteiger partial charge on any atom is -0.497 e. The molecule has 2 aromatic carbocycles. The molecule has 29 heavy (non-hydrogen) atoms. The summed E-state index contributed by atoms with van der Waals surface area (Å²) in [6.45, 7) is 2.21. The van der Waals surface area contributed by atoms with Gasteiger partial charge in [0, 0.05) is 0 Å². The zero-order chi connectivity index (χ0) is 20.8. The molecular formula is C22H21NO4S2. The predicted molar refractivity (Wildman–Crippen MR) is 118 cm³/mol. The Morgan fingerprint density at radius 3 is 2.66 bits per heavy atom. The fourth-order valence-electron chi connectivity index (χ4n) is 2.89. The molecule has 150 valence electrons. The van der Waals surface area contributed by atoms with Gasteiger partial charge in [-0.25, -0.2) is 4.79 Å². The van der Waals surface area contributed by atoms with Gasteiger partial charge in [-0.15, -0.1) is 0 Å². The summed E-state index contributed by atoms with van der Waals surface area (Å²) < 4.78 is 10.9. The topological polar surface area (TPSA) is 55.8 Å². The largest absolute Gasteiger partial charge is 0.497 e. The lowest BCUT2D eigenvalue weighted by molar-refractivity contribution is -0.151. The molecule has 0 saturated carbocycles. The number of amides is 1. The van der Waals surface area contributed by atoms with Gasteiger partial charge in [-0.3, -0.25) is 9.69 Å². The first-order valence-corrected chi connectivity index (χ1v) is 10.4. The van der Waals surface area contributed by atoms with Gasteiger partial charge in [0.2, 0.25) is 0 Å². The molecule has 0 radical (unpaired) electrons. The molecule has 2 aromatic rings. The Labute approximate surface area is 179 Å². The van der Waals surface area contributed by atoms with Crippen molar-refractivity contribution in [3.63, 3.8) is 0 Å². The van der Waals surface area contributed by atoms with Crippen molar-refractivity contribution in [2.24, 2.45) is 0 Å². The zero-order valence-corrected chi connectivity index (χ0v) is 17.8. The second-order valence-electron chi connectivity index (χ2n) is 6.31. The molecule has 0 N–H and O–H groups in total. The third-order valence-corrected chi connectivity index (χ3v) is 5.59. The maximum absolute atomic E-state index is 13.2. The van der Waals surface area contributed by atoms with Crippen molar-refractivity contribution in [1.82, 2.24) is 4.90 Å². The van der Waals surface area contributed by atoms with E-state index >= 15 is 0 Å². The molecule has 1 fully saturated rings. The SMILES string of the molecule is CCCOC(=O)C(c1ccccc1)N1C(=O)/C(=C\c2cccc(OC)c2)SC1=S. The molecule has 1 heterocycles. The minimum atomic E-state index is -0.911. The number of rotatable bonds is 7. The summed E-state index contributed by atoms with van der Waals surface area (Å²) in [4.78, 5) is 27.8. The lowest BCUT2D eigenvalue weighted by atomic mass is 10.1. The maximum atomic E-state index is 13.2. The number of carbonyl (C=O) groups is 2. The summed E-state index contributed by atoms with van der Waals surface area (Å²) >= 11 is 6.64. The number of hydrogen-bond acceptors (Lipinski definition) is 6. The van der Waals surface area contributed by atoms with Crippen LogP contribution in [0, 0.1) is 0 Å². The number of thioether (sulfide) groups is 1. The summed E-state index contributed by atoms with van der Waals surface area (Å²) in [5, 5.41) is 0. The molecule has 5 nitrogen and oxygen atoms in total. The fraction of sp³-hybridized carbons (Fsp3) is 0.227. The monoisotopic (exact) mass is 427 g/mol. The van der Waals surface area contributed by atoms with Gasteiger partial charge in [-0.2, -0.15) is 0 Å². The molecule has 1 atom stereocenters. The molecule has 1 aliphatic rings. The normalized spacial score (nSPS) is 16.2. The highest BCUT2D eigenvalue weighted by Crippen LogP contribution is 2.39. The van der Waals surface area contributed by atoms with Gasteiger partial charge in [0.1, 0.15) is 10.1 Å². The smallest absolute Gasteiger partial charge is 0.333 e. The van der Waals surface area contributed by atoms with Crippen molar-refractivity contribution < 1.29 is 19.1 Å². The number of methoxy groups -OCH3 is 1. The number of ether oxygens (including phenoxy) is 2. The summed E-state index contributed by atoms with van der Waals surface area (Å²) in [5.41, 5.74) is 1.47. The molecule has 0 aliphatic carbocycles. The second kappa shape index (κ2) is 9.71. The van der Waals surface area contributed by atoms with Gasteiger partial charge in [-0.1, -0.05) is 73.4 Å². The minimum absolute atomic E-state index is 0.288. The van der Waals surface area contributed by atoms with E-state index in [2.05, 4.69) is 0 Å². The number of thiocarbonyl (C=S) groups is 1. The van der Waals surface area contributed by atoms with E-state index in [1.165, 1.54) is 16.7 Å². The van der Waals surface area contributed by atoms with Crippen LogP contribution >= 0.6 is 24.0 Å². The van der Waals surface area contributed by atoms with E-state index in [0.29, 0.717) is 27.0 Å². The Morgan fingerprint density at radius 2 is 1.97 bits per heavy atom. The van der Waals surface area contributed by atoms with Crippen LogP contribution in [0.3, 0.4) is 0 Å². The van der Waals surface area contributed by atoms with Crippen molar-refractivity contribution in [2.45, 2.75) is 19.4 Å². The Bertz CT molecular complexity index is 943. The quantitative estimate of drug-likeness (QED) is 0.366. The fourth-order valence-corrected chi connectivity index (χ4v) is 4.21. The van der Waals surface area contributed by atoms with Crippen LogP contribution in [0.25, 0.3) is 6.08 Å². The number of benzene rings is 2. The average molecular weight is 428 g/mol. The Hall–Kier alpha value is -2.64. The number of hydrogen-bond donors (Lipinski definition) is 0. The molecule has 0 bridgehead atoms. The lowest BCUT2D eigenvalue weighted by Gasteiger charge is -2.25. The van der Waals surface area contributed by atoms with Gasteiger partial charge in [0.25, 0.3) is 5.91 Å². The Balaban J connectivity index is 1.94. The van der Waals surface area contributed by atoms with Gasteiger partial charge >= 0.3 is 5.97 Å². The highest BCUT2D eigenvalue weighted by molar-refractivity contribution is 8.26. The van der Waals surface area contributed by atoms with E-state index in [0.717, 1.165) is 5.56 Å². The Kier molecular flexibility index (Phi) is 7.06. The summed E-state index contributed by atoms with van der Waals surface area (Å²) in [6, 6.07) is 15.5. The van der Waals surface area contributed by atoms with Crippen molar-refractivity contribution in [1.29, 1.82) is 0 Å². The van der Waals surface area contributed by atoms with E-state index in [-0.39, 0.29) is 12.5 Å². The van der Waals surface area contributed by atoms with Crippen LogP contribution in [0.4, 0.5) is 0 Å². The van der Waals surface area contributed by atoms with Crippen LogP contribution in [0.1, 0.15) is 30.5 Å². The molecule has 1 saturated heterocycles. The van der Waals surface area contributed by atoms with E-state index < -0.39 is 12.0 Å². The molecular weight excluding hydrogens is 406 g/mol. The van der Waals surface area contributed by atoms with E-state index in [1.807, 2.05) is 49.4 Å². The molecule has 1 aliphatic heterocycles. The lowest BCUT2D eigenvalue weighted by Crippen LogP contribution is -2.38. The van der Waals surface area contributed by atoms with Crippen LogP contribution in [-0.4, -0.2) is 34.8 Å². The molecule has 3 rings (SSSR count). The van der Waals surface area contributed by atoms with Crippen LogP contribution in [0.5, 0.6) is 5.75 Å². The molecule has 1 unspecified atom stereocenters. The highest BCUT2D eigenvalue weighted by Gasteiger charge is 2.42. The van der Waals surface area contributed by atoms with Gasteiger partial charge in [0.15, 0.2) is 6.04 Å². The molecule has 1 amide bonds. The van der Waals surface area contributed by atoms with Crippen molar-refractivity contribution in [3.05, 3.63) is 70.6 Å². The van der Waals surface area contributed by atoms with Crippen molar-refractivity contribution in [3.8, 4) is 5.75 Å². The van der Waals surface area contributed by atoms with E-state index in [9.17, 15) is 9.59 Å². The van der Waals surface area contributed by atoms with Crippen LogP contribution in [0.2, 0.25) is 0 Å². The Morgan fingerprint density at radius 1 is 1.21 bits per heavy atom. The molecule has 0 spiro atoms. The maximum Gasteiger partial charge on any atom is 0.333 e. The first-order valence-electron chi connectivity index (χ1n) is 9.18.